The molecule has 7 heteroatoms. The zero-order chi connectivity index (χ0) is 18.7. The number of hydrogen-bond acceptors (Lipinski definition) is 5. The summed E-state index contributed by atoms with van der Waals surface area (Å²) in [7, 11) is -4.34. The molecular formula is C19H18O6S. The molecule has 0 aromatic heterocycles. The van der Waals surface area contributed by atoms with Gasteiger partial charge in [0.05, 0.1) is 11.2 Å². The van der Waals surface area contributed by atoms with E-state index in [0.29, 0.717) is 16.7 Å². The van der Waals surface area contributed by atoms with Gasteiger partial charge in [-0.2, -0.15) is 0 Å². The Morgan fingerprint density at radius 2 is 1.69 bits per heavy atom. The average Bonchev–Trinajstić information content (AvgIpc) is 2.65. The minimum atomic E-state index is -4.34. The standard InChI is InChI=1S/C19H18O6S/c20-18(21)15-10-14-8-4-5-9-16(14)17(11-15)26(23,24)19(22)25-12-13-6-2-1-3-7-13/h1-9,15,17H,10-12H2,(H,20,21)/t15-,17?/m1/s1. The van der Waals surface area contributed by atoms with Gasteiger partial charge in [0, 0.05) is 0 Å². The van der Waals surface area contributed by atoms with Gasteiger partial charge in [-0.1, -0.05) is 54.6 Å². The predicted octanol–water partition coefficient (Wildman–Crippen LogP) is 3.13. The molecule has 2 aromatic carbocycles. The van der Waals surface area contributed by atoms with Crippen molar-refractivity contribution in [3.63, 3.8) is 0 Å². The molecule has 0 aliphatic heterocycles. The fourth-order valence-electron chi connectivity index (χ4n) is 3.17. The summed E-state index contributed by atoms with van der Waals surface area (Å²) in [6, 6.07) is 15.5. The lowest BCUT2D eigenvalue weighted by atomic mass is 9.83. The molecule has 6 nitrogen and oxygen atoms in total. The summed E-state index contributed by atoms with van der Waals surface area (Å²) in [5.74, 6) is -1.93. The van der Waals surface area contributed by atoms with Crippen molar-refractivity contribution in [1.29, 1.82) is 0 Å². The molecule has 1 N–H and O–H groups in total. The maximum Gasteiger partial charge on any atom is 0.425 e. The topological polar surface area (TPSA) is 97.7 Å². The van der Waals surface area contributed by atoms with Crippen LogP contribution in [0.1, 0.15) is 28.4 Å². The number of benzene rings is 2. The maximum absolute atomic E-state index is 12.8. The molecule has 0 bridgehead atoms. The third-order valence-electron chi connectivity index (χ3n) is 4.52. The van der Waals surface area contributed by atoms with E-state index in [-0.39, 0.29) is 19.4 Å². The lowest BCUT2D eigenvalue weighted by Gasteiger charge is -2.28. The van der Waals surface area contributed by atoms with E-state index in [4.69, 9.17) is 4.74 Å². The van der Waals surface area contributed by atoms with Crippen molar-refractivity contribution in [2.75, 3.05) is 0 Å². The molecule has 0 saturated heterocycles. The summed E-state index contributed by atoms with van der Waals surface area (Å²) >= 11 is 0. The molecule has 0 amide bonds. The van der Waals surface area contributed by atoms with Crippen molar-refractivity contribution in [3.8, 4) is 0 Å². The highest BCUT2D eigenvalue weighted by molar-refractivity contribution is 8.05. The van der Waals surface area contributed by atoms with Gasteiger partial charge in [0.2, 0.25) is 0 Å². The number of hydrogen-bond donors (Lipinski definition) is 1. The zero-order valence-corrected chi connectivity index (χ0v) is 14.7. The van der Waals surface area contributed by atoms with Crippen molar-refractivity contribution in [2.24, 2.45) is 5.92 Å². The molecule has 1 aliphatic carbocycles. The molecule has 0 radical (unpaired) electrons. The van der Waals surface area contributed by atoms with Crippen LogP contribution in [0.15, 0.2) is 54.6 Å². The number of carboxylic acids is 1. The smallest absolute Gasteiger partial charge is 0.425 e. The summed E-state index contributed by atoms with van der Waals surface area (Å²) in [4.78, 5) is 23.7. The van der Waals surface area contributed by atoms with Crippen LogP contribution in [0, 0.1) is 5.92 Å². The highest BCUT2D eigenvalue weighted by atomic mass is 32.2. The number of rotatable bonds is 4. The molecule has 1 aliphatic rings. The molecule has 2 atom stereocenters. The van der Waals surface area contributed by atoms with Crippen molar-refractivity contribution >= 4 is 21.1 Å². The Hall–Kier alpha value is -2.67. The Balaban J connectivity index is 1.85. The predicted molar refractivity (Wildman–Crippen MR) is 94.2 cm³/mol. The Kier molecular flexibility index (Phi) is 5.08. The van der Waals surface area contributed by atoms with Gasteiger partial charge < -0.3 is 9.84 Å². The van der Waals surface area contributed by atoms with Crippen LogP contribution < -0.4 is 0 Å². The molecule has 3 rings (SSSR count). The first-order valence-electron chi connectivity index (χ1n) is 8.15. The molecule has 0 fully saturated rings. The van der Waals surface area contributed by atoms with Gasteiger partial charge in [0.15, 0.2) is 0 Å². The Morgan fingerprint density at radius 3 is 2.38 bits per heavy atom. The van der Waals surface area contributed by atoms with E-state index in [1.807, 2.05) is 0 Å². The van der Waals surface area contributed by atoms with Crippen molar-refractivity contribution in [2.45, 2.75) is 24.7 Å². The van der Waals surface area contributed by atoms with Crippen LogP contribution in [0.4, 0.5) is 4.79 Å². The molecular weight excluding hydrogens is 356 g/mol. The van der Waals surface area contributed by atoms with Crippen molar-refractivity contribution in [3.05, 3.63) is 71.3 Å². The number of ether oxygens (including phenoxy) is 1. The maximum atomic E-state index is 12.8. The van der Waals surface area contributed by atoms with Crippen LogP contribution in [-0.4, -0.2) is 24.8 Å². The van der Waals surface area contributed by atoms with E-state index in [0.717, 1.165) is 0 Å². The van der Waals surface area contributed by atoms with Crippen molar-refractivity contribution < 1.29 is 27.9 Å². The first-order valence-corrected chi connectivity index (χ1v) is 9.69. The SMILES string of the molecule is O=C(O)[C@@H]1Cc2ccccc2C(S(=O)(=O)C(=O)OCc2ccccc2)C1. The molecule has 26 heavy (non-hydrogen) atoms. The van der Waals surface area contributed by atoms with E-state index in [1.165, 1.54) is 0 Å². The van der Waals surface area contributed by atoms with Crippen LogP contribution in [0.5, 0.6) is 0 Å². The first-order chi connectivity index (χ1) is 12.4. The normalized spacial score (nSPS) is 19.4. The van der Waals surface area contributed by atoms with Gasteiger partial charge in [-0.15, -0.1) is 0 Å². The molecule has 2 aromatic rings. The number of carbonyl (C=O) groups excluding carboxylic acids is 1. The number of fused-ring (bicyclic) bond motifs is 1. The first kappa shape index (κ1) is 18.1. The van der Waals surface area contributed by atoms with Gasteiger partial charge >= 0.3 is 11.3 Å². The van der Waals surface area contributed by atoms with E-state index in [9.17, 15) is 23.1 Å². The van der Waals surface area contributed by atoms with E-state index in [2.05, 4.69) is 0 Å². The summed E-state index contributed by atoms with van der Waals surface area (Å²) < 4.78 is 30.5. The molecule has 0 saturated carbocycles. The number of carboxylic acid groups (broad SMARTS) is 1. The number of carbonyl (C=O) groups is 2. The van der Waals surface area contributed by atoms with E-state index >= 15 is 0 Å². The van der Waals surface area contributed by atoms with Crippen LogP contribution in [0.25, 0.3) is 0 Å². The van der Waals surface area contributed by atoms with Crippen LogP contribution >= 0.6 is 0 Å². The Bertz CT molecular complexity index is 920. The lowest BCUT2D eigenvalue weighted by molar-refractivity contribution is -0.142. The monoisotopic (exact) mass is 374 g/mol. The third kappa shape index (κ3) is 3.62. The quantitative estimate of drug-likeness (QED) is 0.826. The summed E-state index contributed by atoms with van der Waals surface area (Å²) in [6.45, 7) is -0.157. The minimum absolute atomic E-state index is 0.144. The second-order valence-electron chi connectivity index (χ2n) is 6.23. The van der Waals surface area contributed by atoms with Crippen molar-refractivity contribution in [1.82, 2.24) is 0 Å². The fourth-order valence-corrected chi connectivity index (χ4v) is 4.67. The highest BCUT2D eigenvalue weighted by Gasteiger charge is 2.42. The summed E-state index contributed by atoms with van der Waals surface area (Å²) in [5, 5.41) is 6.79. The molecule has 0 heterocycles. The number of aliphatic carboxylic acids is 1. The van der Waals surface area contributed by atoms with Gasteiger partial charge in [0.25, 0.3) is 9.84 Å². The summed E-state index contributed by atoms with van der Waals surface area (Å²) in [5.41, 5.74) is 1.78. The lowest BCUT2D eigenvalue weighted by Crippen LogP contribution is -2.32. The van der Waals surface area contributed by atoms with Gasteiger partial charge in [-0.25, -0.2) is 13.2 Å². The van der Waals surface area contributed by atoms with Crippen LogP contribution in [0.3, 0.4) is 0 Å². The Labute approximate surface area is 151 Å². The van der Waals surface area contributed by atoms with Gasteiger partial charge in [-0.3, -0.25) is 4.79 Å². The minimum Gasteiger partial charge on any atom is -0.481 e. The zero-order valence-electron chi connectivity index (χ0n) is 13.9. The van der Waals surface area contributed by atoms with Gasteiger partial charge in [-0.05, 0) is 29.5 Å². The van der Waals surface area contributed by atoms with E-state index < -0.39 is 32.3 Å². The highest BCUT2D eigenvalue weighted by Crippen LogP contribution is 2.39. The summed E-state index contributed by atoms with van der Waals surface area (Å²) in [6.07, 6.45) is 0.103. The largest absolute Gasteiger partial charge is 0.481 e. The van der Waals surface area contributed by atoms with Gasteiger partial charge in [0.1, 0.15) is 6.61 Å². The van der Waals surface area contributed by atoms with Crippen LogP contribution in [-0.2, 0) is 32.4 Å². The Morgan fingerprint density at radius 1 is 1.04 bits per heavy atom. The average molecular weight is 374 g/mol. The molecule has 0 spiro atoms. The number of sulfone groups is 1. The van der Waals surface area contributed by atoms with E-state index in [1.54, 1.807) is 54.6 Å². The second-order valence-corrected chi connectivity index (χ2v) is 8.22. The second kappa shape index (κ2) is 7.29. The van der Waals surface area contributed by atoms with Crippen LogP contribution in [0.2, 0.25) is 0 Å². The fraction of sp³-hybridized carbons (Fsp3) is 0.263. The molecule has 136 valence electrons. The molecule has 1 unspecified atom stereocenters. The third-order valence-corrected chi connectivity index (χ3v) is 6.30.